The number of imidazole rings is 1. The summed E-state index contributed by atoms with van der Waals surface area (Å²) in [5.74, 6) is 0.0391. The fourth-order valence-corrected chi connectivity index (χ4v) is 3.34. The van der Waals surface area contributed by atoms with Gasteiger partial charge in [-0.1, -0.05) is 30.3 Å². The molecule has 5 heteroatoms. The number of fused-ring (bicyclic) bond motifs is 1. The SMILES string of the molecule is O=C(c1cnc2cnccn12)N1CCCCC1c1ccccc1. The summed E-state index contributed by atoms with van der Waals surface area (Å²) in [4.78, 5) is 23.4. The van der Waals surface area contributed by atoms with Crippen LogP contribution in [0.15, 0.2) is 55.1 Å². The van der Waals surface area contributed by atoms with Crippen molar-refractivity contribution in [1.29, 1.82) is 0 Å². The quantitative estimate of drug-likeness (QED) is 0.731. The molecule has 0 radical (unpaired) electrons. The van der Waals surface area contributed by atoms with E-state index in [2.05, 4.69) is 22.1 Å². The van der Waals surface area contributed by atoms with Crippen molar-refractivity contribution in [2.45, 2.75) is 25.3 Å². The van der Waals surface area contributed by atoms with Crippen molar-refractivity contribution in [3.63, 3.8) is 0 Å². The van der Waals surface area contributed by atoms with E-state index in [1.165, 1.54) is 5.56 Å². The highest BCUT2D eigenvalue weighted by molar-refractivity contribution is 5.93. The maximum Gasteiger partial charge on any atom is 0.273 e. The Morgan fingerprint density at radius 1 is 1.13 bits per heavy atom. The lowest BCUT2D eigenvalue weighted by Gasteiger charge is -2.36. The molecule has 3 heterocycles. The molecule has 1 aromatic carbocycles. The van der Waals surface area contributed by atoms with E-state index in [0.29, 0.717) is 11.3 Å². The average Bonchev–Trinajstić information content (AvgIpc) is 3.06. The lowest BCUT2D eigenvalue weighted by molar-refractivity contribution is 0.0604. The van der Waals surface area contributed by atoms with Crippen LogP contribution in [0.4, 0.5) is 0 Å². The van der Waals surface area contributed by atoms with Crippen LogP contribution in [0.3, 0.4) is 0 Å². The lowest BCUT2D eigenvalue weighted by atomic mass is 9.95. The third-order valence-electron chi connectivity index (χ3n) is 4.48. The van der Waals surface area contributed by atoms with Gasteiger partial charge in [0.15, 0.2) is 5.65 Å². The number of hydrogen-bond acceptors (Lipinski definition) is 3. The van der Waals surface area contributed by atoms with E-state index in [-0.39, 0.29) is 11.9 Å². The molecule has 3 aromatic rings. The van der Waals surface area contributed by atoms with Crippen LogP contribution in [0.1, 0.15) is 41.4 Å². The molecule has 5 nitrogen and oxygen atoms in total. The van der Waals surface area contributed by atoms with Crippen LogP contribution in [0.25, 0.3) is 5.65 Å². The third-order valence-corrected chi connectivity index (χ3v) is 4.48. The van der Waals surface area contributed by atoms with Crippen molar-refractivity contribution in [2.75, 3.05) is 6.54 Å². The number of piperidine rings is 1. The van der Waals surface area contributed by atoms with Gasteiger partial charge in [-0.25, -0.2) is 4.98 Å². The minimum absolute atomic E-state index is 0.0391. The predicted molar refractivity (Wildman–Crippen MR) is 87.1 cm³/mol. The van der Waals surface area contributed by atoms with Gasteiger partial charge in [0.05, 0.1) is 18.4 Å². The maximum absolute atomic E-state index is 13.1. The second-order valence-electron chi connectivity index (χ2n) is 5.87. The van der Waals surface area contributed by atoms with Crippen molar-refractivity contribution < 1.29 is 4.79 Å². The highest BCUT2D eigenvalue weighted by Gasteiger charge is 2.30. The smallest absolute Gasteiger partial charge is 0.273 e. The average molecular weight is 306 g/mol. The summed E-state index contributed by atoms with van der Waals surface area (Å²) >= 11 is 0. The molecule has 1 aliphatic heterocycles. The standard InChI is InChI=1S/C18H18N4O/c23-18(16-12-20-17-13-19-9-11-21(16)17)22-10-5-4-8-15(22)14-6-2-1-3-7-14/h1-3,6-7,9,11-13,15H,4-5,8,10H2. The lowest BCUT2D eigenvalue weighted by Crippen LogP contribution is -2.39. The molecule has 0 saturated carbocycles. The van der Waals surface area contributed by atoms with E-state index >= 15 is 0 Å². The van der Waals surface area contributed by atoms with Gasteiger partial charge < -0.3 is 4.90 Å². The molecule has 0 aliphatic carbocycles. The Morgan fingerprint density at radius 2 is 2.00 bits per heavy atom. The molecule has 1 saturated heterocycles. The Bertz CT molecular complexity index is 827. The van der Waals surface area contributed by atoms with Crippen molar-refractivity contribution >= 4 is 11.6 Å². The summed E-state index contributed by atoms with van der Waals surface area (Å²) in [5, 5.41) is 0. The largest absolute Gasteiger partial charge is 0.330 e. The summed E-state index contributed by atoms with van der Waals surface area (Å²) < 4.78 is 1.81. The first kappa shape index (κ1) is 13.9. The molecule has 1 aliphatic rings. The molecule has 0 N–H and O–H groups in total. The Hall–Kier alpha value is -2.69. The van der Waals surface area contributed by atoms with Gasteiger partial charge in [-0.05, 0) is 24.8 Å². The zero-order valence-electron chi connectivity index (χ0n) is 12.8. The maximum atomic E-state index is 13.1. The van der Waals surface area contributed by atoms with E-state index in [0.717, 1.165) is 25.8 Å². The van der Waals surface area contributed by atoms with Gasteiger partial charge in [-0.2, -0.15) is 0 Å². The van der Waals surface area contributed by atoms with Gasteiger partial charge >= 0.3 is 0 Å². The highest BCUT2D eigenvalue weighted by Crippen LogP contribution is 2.32. The molecule has 116 valence electrons. The van der Waals surface area contributed by atoms with Crippen LogP contribution in [0.2, 0.25) is 0 Å². The number of carbonyl (C=O) groups is 1. The van der Waals surface area contributed by atoms with E-state index in [1.54, 1.807) is 24.8 Å². The number of carbonyl (C=O) groups excluding carboxylic acids is 1. The van der Waals surface area contributed by atoms with E-state index in [9.17, 15) is 4.79 Å². The molecule has 1 unspecified atom stereocenters. The predicted octanol–water partition coefficient (Wildman–Crippen LogP) is 3.10. The fraction of sp³-hybridized carbons (Fsp3) is 0.278. The van der Waals surface area contributed by atoms with Gasteiger partial charge in [-0.15, -0.1) is 0 Å². The fourth-order valence-electron chi connectivity index (χ4n) is 3.34. The zero-order valence-corrected chi connectivity index (χ0v) is 12.8. The van der Waals surface area contributed by atoms with Crippen LogP contribution in [0.5, 0.6) is 0 Å². The molecular weight excluding hydrogens is 288 g/mol. The Morgan fingerprint density at radius 3 is 2.87 bits per heavy atom. The van der Waals surface area contributed by atoms with Crippen molar-refractivity contribution in [3.05, 3.63) is 66.4 Å². The van der Waals surface area contributed by atoms with E-state index in [4.69, 9.17) is 0 Å². The number of aromatic nitrogens is 3. The Labute approximate surface area is 134 Å². The van der Waals surface area contributed by atoms with Crippen LogP contribution >= 0.6 is 0 Å². The van der Waals surface area contributed by atoms with E-state index < -0.39 is 0 Å². The number of amides is 1. The number of rotatable bonds is 2. The van der Waals surface area contributed by atoms with Crippen molar-refractivity contribution in [1.82, 2.24) is 19.3 Å². The van der Waals surface area contributed by atoms with Crippen molar-refractivity contribution in [2.24, 2.45) is 0 Å². The summed E-state index contributed by atoms with van der Waals surface area (Å²) in [6.07, 6.45) is 9.99. The molecule has 2 aromatic heterocycles. The van der Waals surface area contributed by atoms with Gasteiger partial charge in [0.2, 0.25) is 0 Å². The molecular formula is C18H18N4O. The summed E-state index contributed by atoms with van der Waals surface area (Å²) in [6, 6.07) is 10.4. The van der Waals surface area contributed by atoms with Crippen LogP contribution in [0, 0.1) is 0 Å². The second kappa shape index (κ2) is 5.83. The van der Waals surface area contributed by atoms with Crippen LogP contribution in [-0.2, 0) is 0 Å². The van der Waals surface area contributed by atoms with Gasteiger partial charge in [0.25, 0.3) is 5.91 Å². The second-order valence-corrected chi connectivity index (χ2v) is 5.87. The number of benzene rings is 1. The summed E-state index contributed by atoms with van der Waals surface area (Å²) in [6.45, 7) is 0.788. The molecule has 1 amide bonds. The first-order valence-electron chi connectivity index (χ1n) is 7.97. The normalized spacial score (nSPS) is 18.3. The van der Waals surface area contributed by atoms with Crippen molar-refractivity contribution in [3.8, 4) is 0 Å². The first-order valence-corrected chi connectivity index (χ1v) is 7.97. The zero-order chi connectivity index (χ0) is 15.6. The molecule has 1 atom stereocenters. The molecule has 4 rings (SSSR count). The molecule has 0 spiro atoms. The first-order chi connectivity index (χ1) is 11.3. The topological polar surface area (TPSA) is 50.5 Å². The minimum Gasteiger partial charge on any atom is -0.330 e. The Balaban J connectivity index is 1.71. The van der Waals surface area contributed by atoms with Crippen LogP contribution in [-0.4, -0.2) is 31.7 Å². The van der Waals surface area contributed by atoms with Gasteiger partial charge in [-0.3, -0.25) is 14.2 Å². The number of likely N-dealkylation sites (tertiary alicyclic amines) is 1. The van der Waals surface area contributed by atoms with Gasteiger partial charge in [0, 0.05) is 18.9 Å². The third kappa shape index (κ3) is 2.48. The minimum atomic E-state index is 0.0391. The number of nitrogens with zero attached hydrogens (tertiary/aromatic N) is 4. The highest BCUT2D eigenvalue weighted by atomic mass is 16.2. The number of hydrogen-bond donors (Lipinski definition) is 0. The monoisotopic (exact) mass is 306 g/mol. The molecule has 23 heavy (non-hydrogen) atoms. The summed E-state index contributed by atoms with van der Waals surface area (Å²) in [5.41, 5.74) is 2.50. The molecule has 1 fully saturated rings. The van der Waals surface area contributed by atoms with Crippen LogP contribution < -0.4 is 0 Å². The summed E-state index contributed by atoms with van der Waals surface area (Å²) in [7, 11) is 0. The van der Waals surface area contributed by atoms with E-state index in [1.807, 2.05) is 27.5 Å². The Kier molecular flexibility index (Phi) is 3.54. The molecule has 0 bridgehead atoms. The van der Waals surface area contributed by atoms with Gasteiger partial charge in [0.1, 0.15) is 5.69 Å².